The molecule has 0 aliphatic carbocycles. The molecule has 0 N–H and O–H groups in total. The maximum Gasteiger partial charge on any atom is 0.0715 e. The van der Waals surface area contributed by atoms with Crippen LogP contribution in [-0.4, -0.2) is 5.97 Å². The lowest BCUT2D eigenvalue weighted by Crippen LogP contribution is -2.22. The van der Waals surface area contributed by atoms with Gasteiger partial charge in [0.1, 0.15) is 0 Å². The summed E-state index contributed by atoms with van der Waals surface area (Å²) in [6.45, 7) is 1.83. The Labute approximate surface area is 73.0 Å². The highest BCUT2D eigenvalue weighted by atomic mass is 79.9. The summed E-state index contributed by atoms with van der Waals surface area (Å²) in [6, 6.07) is 4.93. The summed E-state index contributed by atoms with van der Waals surface area (Å²) < 4.78 is 0.761. The van der Waals surface area contributed by atoms with Crippen molar-refractivity contribution in [1.29, 1.82) is 0 Å². The summed E-state index contributed by atoms with van der Waals surface area (Å²) in [5.41, 5.74) is 1.11. The van der Waals surface area contributed by atoms with Crippen LogP contribution in [0.2, 0.25) is 0 Å². The molecule has 0 aromatic heterocycles. The molecule has 0 amide bonds. The van der Waals surface area contributed by atoms with Crippen LogP contribution in [0.25, 0.3) is 0 Å². The lowest BCUT2D eigenvalue weighted by Gasteiger charge is -2.03. The highest BCUT2D eigenvalue weighted by molar-refractivity contribution is 9.10. The molecule has 2 nitrogen and oxygen atoms in total. The molecule has 0 bridgehead atoms. The van der Waals surface area contributed by atoms with Gasteiger partial charge in [-0.2, -0.15) is 0 Å². The van der Waals surface area contributed by atoms with Gasteiger partial charge in [-0.05, 0) is 30.2 Å². The van der Waals surface area contributed by atoms with E-state index in [-0.39, 0.29) is 5.56 Å². The van der Waals surface area contributed by atoms with Crippen molar-refractivity contribution >= 4 is 21.9 Å². The van der Waals surface area contributed by atoms with Gasteiger partial charge in [-0.3, -0.25) is 0 Å². The number of hydrogen-bond donors (Lipinski definition) is 0. The number of carbonyl (C=O) groups is 1. The Bertz CT molecular complexity index is 274. The van der Waals surface area contributed by atoms with Crippen molar-refractivity contribution in [2.75, 3.05) is 0 Å². The molecular weight excluding hydrogens is 208 g/mol. The average Bonchev–Trinajstić information content (AvgIpc) is 1.85. The molecular formula is C8H6BrO2-. The summed E-state index contributed by atoms with van der Waals surface area (Å²) in [7, 11) is 0. The third-order valence-corrected chi connectivity index (χ3v) is 1.74. The predicted octanol–water partition coefficient (Wildman–Crippen LogP) is 1.12. The second-order valence-electron chi connectivity index (χ2n) is 2.30. The Morgan fingerprint density at radius 2 is 2.09 bits per heavy atom. The molecule has 0 saturated carbocycles. The standard InChI is InChI=1S/C8H7BrO2/c1-5-2-6(8(10)11)4-7(9)3-5/h2-4H,1H3,(H,10,11)/p-1. The molecule has 0 unspecified atom stereocenters. The van der Waals surface area contributed by atoms with Crippen LogP contribution in [0.3, 0.4) is 0 Å². The molecule has 3 heteroatoms. The molecule has 0 heterocycles. The number of rotatable bonds is 1. The Morgan fingerprint density at radius 3 is 2.55 bits per heavy atom. The van der Waals surface area contributed by atoms with Crippen LogP contribution in [0.1, 0.15) is 15.9 Å². The van der Waals surface area contributed by atoms with E-state index in [9.17, 15) is 9.90 Å². The highest BCUT2D eigenvalue weighted by Crippen LogP contribution is 2.14. The summed E-state index contributed by atoms with van der Waals surface area (Å²) in [6.07, 6.45) is 0. The van der Waals surface area contributed by atoms with Gasteiger partial charge in [0.2, 0.25) is 0 Å². The smallest absolute Gasteiger partial charge is 0.0715 e. The number of carboxylic acids is 1. The van der Waals surface area contributed by atoms with Gasteiger partial charge >= 0.3 is 0 Å². The van der Waals surface area contributed by atoms with Crippen LogP contribution in [0.15, 0.2) is 22.7 Å². The Kier molecular flexibility index (Phi) is 2.29. The highest BCUT2D eigenvalue weighted by Gasteiger charge is 1.95. The number of halogens is 1. The summed E-state index contributed by atoms with van der Waals surface area (Å²) in [4.78, 5) is 10.4. The van der Waals surface area contributed by atoms with Crippen molar-refractivity contribution in [2.24, 2.45) is 0 Å². The van der Waals surface area contributed by atoms with E-state index < -0.39 is 5.97 Å². The number of hydrogen-bond acceptors (Lipinski definition) is 2. The first-order valence-corrected chi connectivity index (χ1v) is 3.87. The van der Waals surface area contributed by atoms with Crippen LogP contribution in [-0.2, 0) is 0 Å². The van der Waals surface area contributed by atoms with Gasteiger partial charge < -0.3 is 9.90 Å². The number of aryl methyl sites for hydroxylation is 1. The second-order valence-corrected chi connectivity index (χ2v) is 3.22. The lowest BCUT2D eigenvalue weighted by molar-refractivity contribution is -0.255. The molecule has 1 rings (SSSR count). The van der Waals surface area contributed by atoms with Gasteiger partial charge in [0, 0.05) is 4.47 Å². The van der Waals surface area contributed by atoms with Gasteiger partial charge in [-0.25, -0.2) is 0 Å². The summed E-state index contributed by atoms with van der Waals surface area (Å²) >= 11 is 3.19. The normalized spacial score (nSPS) is 9.64. The third-order valence-electron chi connectivity index (χ3n) is 1.28. The molecule has 0 atom stereocenters. The van der Waals surface area contributed by atoms with Crippen molar-refractivity contribution in [3.05, 3.63) is 33.8 Å². The Hall–Kier alpha value is -0.830. The van der Waals surface area contributed by atoms with Gasteiger partial charge in [0.05, 0.1) is 5.97 Å². The summed E-state index contributed by atoms with van der Waals surface area (Å²) in [5, 5.41) is 10.4. The fraction of sp³-hybridized carbons (Fsp3) is 0.125. The predicted molar refractivity (Wildman–Crippen MR) is 43.2 cm³/mol. The van der Waals surface area contributed by atoms with Crippen molar-refractivity contribution in [1.82, 2.24) is 0 Å². The van der Waals surface area contributed by atoms with Crippen LogP contribution in [0.5, 0.6) is 0 Å². The fourth-order valence-electron chi connectivity index (χ4n) is 0.854. The largest absolute Gasteiger partial charge is 0.545 e. The van der Waals surface area contributed by atoms with Gasteiger partial charge in [0.15, 0.2) is 0 Å². The minimum atomic E-state index is -1.14. The quantitative estimate of drug-likeness (QED) is 0.702. The zero-order valence-corrected chi connectivity index (χ0v) is 7.51. The van der Waals surface area contributed by atoms with Gasteiger partial charge in [0.25, 0.3) is 0 Å². The monoisotopic (exact) mass is 213 g/mol. The zero-order valence-electron chi connectivity index (χ0n) is 5.93. The van der Waals surface area contributed by atoms with E-state index in [1.54, 1.807) is 6.07 Å². The topological polar surface area (TPSA) is 40.1 Å². The summed E-state index contributed by atoms with van der Waals surface area (Å²) in [5.74, 6) is -1.14. The number of benzene rings is 1. The Balaban J connectivity index is 3.19. The molecule has 0 radical (unpaired) electrons. The van der Waals surface area contributed by atoms with Crippen LogP contribution >= 0.6 is 15.9 Å². The maximum absolute atomic E-state index is 10.4. The zero-order chi connectivity index (χ0) is 8.43. The van der Waals surface area contributed by atoms with E-state index in [0.717, 1.165) is 10.0 Å². The number of carboxylic acid groups (broad SMARTS) is 1. The molecule has 0 spiro atoms. The van der Waals surface area contributed by atoms with Crippen molar-refractivity contribution in [3.63, 3.8) is 0 Å². The first kappa shape index (κ1) is 8.27. The molecule has 1 aromatic rings. The van der Waals surface area contributed by atoms with Crippen LogP contribution in [0.4, 0.5) is 0 Å². The van der Waals surface area contributed by atoms with Crippen molar-refractivity contribution in [3.8, 4) is 0 Å². The first-order chi connectivity index (χ1) is 5.09. The van der Waals surface area contributed by atoms with E-state index in [1.165, 1.54) is 6.07 Å². The molecule has 1 aromatic carbocycles. The van der Waals surface area contributed by atoms with E-state index in [2.05, 4.69) is 15.9 Å². The SMILES string of the molecule is Cc1cc(Br)cc(C(=O)[O-])c1. The minimum absolute atomic E-state index is 0.205. The average molecular weight is 214 g/mol. The van der Waals surface area contributed by atoms with Crippen LogP contribution in [0, 0.1) is 6.92 Å². The minimum Gasteiger partial charge on any atom is -0.545 e. The molecule has 0 fully saturated rings. The van der Waals surface area contributed by atoms with Crippen LogP contribution < -0.4 is 5.11 Å². The molecule has 0 aliphatic heterocycles. The fourth-order valence-corrected chi connectivity index (χ4v) is 1.46. The Morgan fingerprint density at radius 1 is 1.45 bits per heavy atom. The number of aromatic carboxylic acids is 1. The molecule has 0 aliphatic rings. The van der Waals surface area contributed by atoms with E-state index in [0.29, 0.717) is 0 Å². The third kappa shape index (κ3) is 2.05. The van der Waals surface area contributed by atoms with Gasteiger partial charge in [-0.15, -0.1) is 0 Å². The van der Waals surface area contributed by atoms with Gasteiger partial charge in [-0.1, -0.05) is 22.0 Å². The van der Waals surface area contributed by atoms with E-state index in [1.807, 2.05) is 13.0 Å². The van der Waals surface area contributed by atoms with E-state index >= 15 is 0 Å². The number of carbonyl (C=O) groups excluding carboxylic acids is 1. The molecule has 58 valence electrons. The molecule has 0 saturated heterocycles. The van der Waals surface area contributed by atoms with E-state index in [4.69, 9.17) is 0 Å². The first-order valence-electron chi connectivity index (χ1n) is 3.08. The molecule has 11 heavy (non-hydrogen) atoms. The second kappa shape index (κ2) is 3.05. The van der Waals surface area contributed by atoms with Crippen molar-refractivity contribution in [2.45, 2.75) is 6.92 Å². The lowest BCUT2D eigenvalue weighted by atomic mass is 10.1. The maximum atomic E-state index is 10.4. The van der Waals surface area contributed by atoms with Crippen molar-refractivity contribution < 1.29 is 9.90 Å².